The number of nitrogens with zero attached hydrogens (tertiary/aromatic N) is 3. The second kappa shape index (κ2) is 6.55. The van der Waals surface area contributed by atoms with Gasteiger partial charge in [-0.1, -0.05) is 5.21 Å². The van der Waals surface area contributed by atoms with Gasteiger partial charge in [0.1, 0.15) is 13.2 Å². The van der Waals surface area contributed by atoms with Crippen molar-refractivity contribution in [3.05, 3.63) is 30.1 Å². The first-order chi connectivity index (χ1) is 10.4. The molecule has 0 atom stereocenters. The number of methoxy groups -OCH3 is 1. The van der Waals surface area contributed by atoms with Crippen LogP contribution in [0, 0.1) is 0 Å². The number of benzene rings is 1. The Morgan fingerprint density at radius 2 is 2.14 bits per heavy atom. The molecule has 0 fully saturated rings. The van der Waals surface area contributed by atoms with E-state index in [0.29, 0.717) is 26.4 Å². The Morgan fingerprint density at radius 3 is 3.00 bits per heavy atom. The topological polar surface area (TPSA) is 70.4 Å². The first-order valence-corrected chi connectivity index (χ1v) is 6.88. The van der Waals surface area contributed by atoms with E-state index in [1.54, 1.807) is 11.8 Å². The van der Waals surface area contributed by atoms with Crippen LogP contribution in [0.1, 0.15) is 5.69 Å². The smallest absolute Gasteiger partial charge is 0.163 e. The van der Waals surface area contributed by atoms with Crippen LogP contribution in [0.2, 0.25) is 0 Å². The molecule has 1 aromatic carbocycles. The van der Waals surface area contributed by atoms with Crippen molar-refractivity contribution in [3.63, 3.8) is 0 Å². The van der Waals surface area contributed by atoms with E-state index >= 15 is 0 Å². The van der Waals surface area contributed by atoms with Crippen molar-refractivity contribution in [1.29, 1.82) is 0 Å². The van der Waals surface area contributed by atoms with Gasteiger partial charge in [-0.3, -0.25) is 0 Å². The van der Waals surface area contributed by atoms with Crippen molar-refractivity contribution in [2.75, 3.05) is 33.5 Å². The van der Waals surface area contributed by atoms with Crippen LogP contribution in [0.25, 0.3) is 5.69 Å². The van der Waals surface area contributed by atoms with Crippen LogP contribution < -0.4 is 14.8 Å². The highest BCUT2D eigenvalue weighted by Gasteiger charge is 2.13. The van der Waals surface area contributed by atoms with Crippen molar-refractivity contribution < 1.29 is 14.2 Å². The van der Waals surface area contributed by atoms with Crippen LogP contribution in [-0.4, -0.2) is 48.5 Å². The Balaban J connectivity index is 1.68. The third-order valence-corrected chi connectivity index (χ3v) is 3.12. The average molecular weight is 290 g/mol. The molecule has 0 saturated heterocycles. The number of hydrogen-bond acceptors (Lipinski definition) is 6. The summed E-state index contributed by atoms with van der Waals surface area (Å²) >= 11 is 0. The Labute approximate surface area is 122 Å². The van der Waals surface area contributed by atoms with E-state index in [1.807, 2.05) is 24.4 Å². The minimum Gasteiger partial charge on any atom is -0.486 e. The summed E-state index contributed by atoms with van der Waals surface area (Å²) in [6.07, 6.45) is 1.89. The minimum atomic E-state index is 0.572. The van der Waals surface area contributed by atoms with Crippen molar-refractivity contribution in [2.45, 2.75) is 6.54 Å². The van der Waals surface area contributed by atoms with Gasteiger partial charge in [0.15, 0.2) is 11.5 Å². The van der Waals surface area contributed by atoms with Crippen LogP contribution in [0.3, 0.4) is 0 Å². The van der Waals surface area contributed by atoms with E-state index in [4.69, 9.17) is 14.2 Å². The van der Waals surface area contributed by atoms with Crippen LogP contribution in [0.4, 0.5) is 0 Å². The lowest BCUT2D eigenvalue weighted by Crippen LogP contribution is -2.18. The second-order valence-corrected chi connectivity index (χ2v) is 4.65. The van der Waals surface area contributed by atoms with Gasteiger partial charge in [-0.15, -0.1) is 5.10 Å². The van der Waals surface area contributed by atoms with Gasteiger partial charge in [-0.25, -0.2) is 4.68 Å². The van der Waals surface area contributed by atoms with Crippen LogP contribution >= 0.6 is 0 Å². The number of ether oxygens (including phenoxy) is 3. The van der Waals surface area contributed by atoms with E-state index in [1.165, 1.54) is 0 Å². The Morgan fingerprint density at radius 1 is 1.29 bits per heavy atom. The third-order valence-electron chi connectivity index (χ3n) is 3.12. The van der Waals surface area contributed by atoms with Gasteiger partial charge < -0.3 is 19.5 Å². The standard InChI is InChI=1S/C14H18N4O3/c1-19-5-4-15-9-11-10-18(17-16-11)12-2-3-13-14(8-12)21-7-6-20-13/h2-3,8,10,15H,4-7,9H2,1H3. The predicted octanol–water partition coefficient (Wildman–Crippen LogP) is 0.774. The number of hydrogen-bond donors (Lipinski definition) is 1. The summed E-state index contributed by atoms with van der Waals surface area (Å²) in [5, 5.41) is 11.5. The maximum Gasteiger partial charge on any atom is 0.163 e. The molecule has 112 valence electrons. The fraction of sp³-hybridized carbons (Fsp3) is 0.429. The van der Waals surface area contributed by atoms with Gasteiger partial charge in [0, 0.05) is 26.3 Å². The van der Waals surface area contributed by atoms with Crippen molar-refractivity contribution in [1.82, 2.24) is 20.3 Å². The molecule has 0 bridgehead atoms. The largest absolute Gasteiger partial charge is 0.486 e. The van der Waals surface area contributed by atoms with E-state index in [9.17, 15) is 0 Å². The maximum absolute atomic E-state index is 5.57. The minimum absolute atomic E-state index is 0.572. The fourth-order valence-corrected chi connectivity index (χ4v) is 2.07. The molecule has 1 aromatic heterocycles. The van der Waals surface area contributed by atoms with Crippen LogP contribution in [-0.2, 0) is 11.3 Å². The molecule has 7 nitrogen and oxygen atoms in total. The van der Waals surface area contributed by atoms with E-state index in [2.05, 4.69) is 15.6 Å². The summed E-state index contributed by atoms with van der Waals surface area (Å²) in [5.74, 6) is 1.51. The third kappa shape index (κ3) is 3.32. The van der Waals surface area contributed by atoms with Crippen molar-refractivity contribution >= 4 is 0 Å². The molecule has 7 heteroatoms. The first-order valence-electron chi connectivity index (χ1n) is 6.88. The van der Waals surface area contributed by atoms with E-state index < -0.39 is 0 Å². The second-order valence-electron chi connectivity index (χ2n) is 4.65. The molecule has 1 N–H and O–H groups in total. The summed E-state index contributed by atoms with van der Waals surface area (Å²) in [6, 6.07) is 5.73. The normalized spacial score (nSPS) is 13.4. The lowest BCUT2D eigenvalue weighted by atomic mass is 10.2. The van der Waals surface area contributed by atoms with Gasteiger partial charge in [0.2, 0.25) is 0 Å². The highest BCUT2D eigenvalue weighted by atomic mass is 16.6. The maximum atomic E-state index is 5.57. The van der Waals surface area contributed by atoms with Gasteiger partial charge in [0.05, 0.1) is 24.2 Å². The summed E-state index contributed by atoms with van der Waals surface area (Å²) < 4.78 is 17.8. The quantitative estimate of drug-likeness (QED) is 0.793. The summed E-state index contributed by atoms with van der Waals surface area (Å²) in [6.45, 7) is 3.28. The van der Waals surface area contributed by atoms with Crippen molar-refractivity contribution in [3.8, 4) is 17.2 Å². The fourth-order valence-electron chi connectivity index (χ4n) is 2.07. The van der Waals surface area contributed by atoms with Gasteiger partial charge in [0.25, 0.3) is 0 Å². The van der Waals surface area contributed by atoms with Gasteiger partial charge >= 0.3 is 0 Å². The number of aromatic nitrogens is 3. The Bertz CT molecular complexity index is 600. The summed E-state index contributed by atoms with van der Waals surface area (Å²) in [5.41, 5.74) is 1.77. The molecule has 21 heavy (non-hydrogen) atoms. The molecule has 1 aliphatic heterocycles. The predicted molar refractivity (Wildman–Crippen MR) is 75.9 cm³/mol. The highest BCUT2D eigenvalue weighted by molar-refractivity contribution is 5.49. The molecular formula is C14H18N4O3. The first kappa shape index (κ1) is 13.8. The van der Waals surface area contributed by atoms with Gasteiger partial charge in [-0.05, 0) is 12.1 Å². The molecule has 1 aliphatic rings. The molecule has 0 spiro atoms. The Hall–Kier alpha value is -2.12. The average Bonchev–Trinajstić information content (AvgIpc) is 3.00. The SMILES string of the molecule is COCCNCc1cn(-c2ccc3c(c2)OCCO3)nn1. The molecule has 0 saturated carbocycles. The zero-order valence-electron chi connectivity index (χ0n) is 11.9. The van der Waals surface area contributed by atoms with Gasteiger partial charge in [-0.2, -0.15) is 0 Å². The molecule has 3 rings (SSSR count). The lowest BCUT2D eigenvalue weighted by Gasteiger charge is -2.18. The zero-order chi connectivity index (χ0) is 14.5. The molecular weight excluding hydrogens is 272 g/mol. The molecule has 2 heterocycles. The number of rotatable bonds is 6. The lowest BCUT2D eigenvalue weighted by molar-refractivity contribution is 0.171. The highest BCUT2D eigenvalue weighted by Crippen LogP contribution is 2.31. The summed E-state index contributed by atoms with van der Waals surface area (Å²) in [4.78, 5) is 0. The summed E-state index contributed by atoms with van der Waals surface area (Å²) in [7, 11) is 1.68. The molecule has 0 amide bonds. The number of fused-ring (bicyclic) bond motifs is 1. The molecule has 0 radical (unpaired) electrons. The zero-order valence-corrected chi connectivity index (χ0v) is 11.9. The van der Waals surface area contributed by atoms with Crippen LogP contribution in [0.15, 0.2) is 24.4 Å². The van der Waals surface area contributed by atoms with E-state index in [-0.39, 0.29) is 0 Å². The monoisotopic (exact) mass is 290 g/mol. The van der Waals surface area contributed by atoms with E-state index in [0.717, 1.165) is 29.4 Å². The molecule has 0 unspecified atom stereocenters. The number of nitrogens with one attached hydrogen (secondary N) is 1. The van der Waals surface area contributed by atoms with Crippen LogP contribution in [0.5, 0.6) is 11.5 Å². The Kier molecular flexibility index (Phi) is 4.32. The molecule has 2 aromatic rings. The van der Waals surface area contributed by atoms with Crippen molar-refractivity contribution in [2.24, 2.45) is 0 Å². The molecule has 0 aliphatic carbocycles.